The third kappa shape index (κ3) is 2.90. The fraction of sp³-hybridized carbons (Fsp3) is 0.375. The van der Waals surface area contributed by atoms with Gasteiger partial charge < -0.3 is 24.4 Å². The minimum Gasteiger partial charge on any atom is -0.497 e. The molecule has 5 rings (SSSR count). The first-order valence-electron chi connectivity index (χ1n) is 10.8. The number of carbonyl (C=O) groups is 3. The van der Waals surface area contributed by atoms with Gasteiger partial charge in [0, 0.05) is 17.5 Å². The molecule has 2 aromatic carbocycles. The molecule has 0 spiro atoms. The quantitative estimate of drug-likeness (QED) is 0.691. The summed E-state index contributed by atoms with van der Waals surface area (Å²) in [7, 11) is 1.49. The minimum absolute atomic E-state index is 0.0464. The number of hydrogen-bond acceptors (Lipinski definition) is 6. The zero-order valence-corrected chi connectivity index (χ0v) is 18.7. The van der Waals surface area contributed by atoms with Crippen molar-refractivity contribution in [2.45, 2.75) is 25.4 Å². The first kappa shape index (κ1) is 22.1. The van der Waals surface area contributed by atoms with Crippen LogP contribution in [0, 0.1) is 23.5 Å². The van der Waals surface area contributed by atoms with Gasteiger partial charge in [-0.15, -0.1) is 0 Å². The van der Waals surface area contributed by atoms with Crippen molar-refractivity contribution in [1.29, 1.82) is 0 Å². The van der Waals surface area contributed by atoms with Crippen LogP contribution in [0.5, 0.6) is 11.5 Å². The Balaban J connectivity index is 1.76. The first-order valence-corrected chi connectivity index (χ1v) is 10.8. The summed E-state index contributed by atoms with van der Waals surface area (Å²) >= 11 is 0. The van der Waals surface area contributed by atoms with Crippen LogP contribution < -0.4 is 14.8 Å². The van der Waals surface area contributed by atoms with Gasteiger partial charge in [0.05, 0.1) is 43.5 Å². The molecule has 2 aromatic rings. The van der Waals surface area contributed by atoms with E-state index in [0.29, 0.717) is 17.1 Å². The second-order valence-corrected chi connectivity index (χ2v) is 8.64. The largest absolute Gasteiger partial charge is 0.497 e. The monoisotopic (exact) mass is 472 g/mol. The van der Waals surface area contributed by atoms with Crippen LogP contribution in [0.2, 0.25) is 0 Å². The fourth-order valence-electron chi connectivity index (χ4n) is 5.42. The van der Waals surface area contributed by atoms with Crippen molar-refractivity contribution in [3.05, 3.63) is 53.1 Å². The van der Waals surface area contributed by atoms with Crippen molar-refractivity contribution in [2.24, 2.45) is 11.8 Å². The predicted octanol–water partition coefficient (Wildman–Crippen LogP) is 3.07. The number of hydrogen-bond donors (Lipinski definition) is 1. The van der Waals surface area contributed by atoms with E-state index in [1.54, 1.807) is 25.1 Å². The molecule has 3 heterocycles. The number of fused-ring (bicyclic) bond motifs is 6. The van der Waals surface area contributed by atoms with E-state index >= 15 is 0 Å². The maximum atomic E-state index is 14.2. The van der Waals surface area contributed by atoms with Gasteiger partial charge in [-0.3, -0.25) is 14.4 Å². The summed E-state index contributed by atoms with van der Waals surface area (Å²) in [5.74, 6) is -5.29. The van der Waals surface area contributed by atoms with E-state index in [2.05, 4.69) is 5.32 Å². The van der Waals surface area contributed by atoms with Gasteiger partial charge in [0.1, 0.15) is 17.0 Å². The molecule has 8 nitrogen and oxygen atoms in total. The van der Waals surface area contributed by atoms with Gasteiger partial charge in [-0.1, -0.05) is 0 Å². The lowest BCUT2D eigenvalue weighted by Crippen LogP contribution is -2.57. The highest BCUT2D eigenvalue weighted by Gasteiger charge is 2.67. The maximum Gasteiger partial charge on any atom is 0.312 e. The Kier molecular flexibility index (Phi) is 5.00. The lowest BCUT2D eigenvalue weighted by atomic mass is 9.77. The predicted molar refractivity (Wildman–Crippen MR) is 114 cm³/mol. The van der Waals surface area contributed by atoms with Gasteiger partial charge in [0.15, 0.2) is 11.6 Å². The molecule has 3 aliphatic rings. The van der Waals surface area contributed by atoms with Gasteiger partial charge in [-0.25, -0.2) is 8.78 Å². The van der Waals surface area contributed by atoms with Crippen LogP contribution in [0.15, 0.2) is 30.3 Å². The normalized spacial score (nSPS) is 26.9. The number of ether oxygens (including phenoxy) is 3. The molecule has 0 aromatic heterocycles. The highest BCUT2D eigenvalue weighted by Crippen LogP contribution is 2.57. The highest BCUT2D eigenvalue weighted by atomic mass is 19.2. The van der Waals surface area contributed by atoms with Crippen molar-refractivity contribution in [3.8, 4) is 11.5 Å². The third-order valence-corrected chi connectivity index (χ3v) is 6.94. The maximum absolute atomic E-state index is 14.2. The number of nitrogens with zero attached hydrogens (tertiary/aromatic N) is 1. The number of nitrogens with one attached hydrogen (secondary N) is 1. The molecule has 1 N–H and O–H groups in total. The van der Waals surface area contributed by atoms with Gasteiger partial charge >= 0.3 is 5.97 Å². The second-order valence-electron chi connectivity index (χ2n) is 8.64. The van der Waals surface area contributed by atoms with Crippen LogP contribution in [0.25, 0.3) is 0 Å². The lowest BCUT2D eigenvalue weighted by molar-refractivity contribution is -0.155. The molecule has 4 atom stereocenters. The molecule has 1 saturated heterocycles. The van der Waals surface area contributed by atoms with Crippen LogP contribution in [-0.2, 0) is 14.3 Å². The molecule has 178 valence electrons. The Morgan fingerprint density at radius 1 is 1.24 bits per heavy atom. The Morgan fingerprint density at radius 3 is 2.68 bits per heavy atom. The molecule has 2 amide bonds. The van der Waals surface area contributed by atoms with Crippen molar-refractivity contribution in [1.82, 2.24) is 4.90 Å². The number of benzene rings is 2. The number of rotatable bonds is 3. The summed E-state index contributed by atoms with van der Waals surface area (Å²) in [6, 6.07) is 5.81. The number of carbonyl (C=O) groups excluding carboxylic acids is 3. The minimum atomic E-state index is -1.72. The summed E-state index contributed by atoms with van der Waals surface area (Å²) < 4.78 is 44.7. The van der Waals surface area contributed by atoms with Crippen molar-refractivity contribution in [3.63, 3.8) is 0 Å². The third-order valence-electron chi connectivity index (χ3n) is 6.94. The lowest BCUT2D eigenvalue weighted by Gasteiger charge is -2.38. The average molecular weight is 472 g/mol. The molecule has 0 aliphatic carbocycles. The van der Waals surface area contributed by atoms with Gasteiger partial charge in [-0.05, 0) is 38.1 Å². The summed E-state index contributed by atoms with van der Waals surface area (Å²) in [5.41, 5.74) is -1.56. The van der Waals surface area contributed by atoms with E-state index in [1.807, 2.05) is 0 Å². The van der Waals surface area contributed by atoms with Crippen LogP contribution >= 0.6 is 0 Å². The first-order chi connectivity index (χ1) is 16.2. The average Bonchev–Trinajstić information content (AvgIpc) is 3.06. The molecule has 3 aliphatic heterocycles. The smallest absolute Gasteiger partial charge is 0.312 e. The van der Waals surface area contributed by atoms with Crippen molar-refractivity contribution < 1.29 is 37.4 Å². The Bertz CT molecular complexity index is 1230. The standard InChI is InChI=1S/C24H22F2N2O6/c1-4-33-22(30)19-14-10-34-18-6-5-11(32-3)7-13(18)20(14)28-21(29)12-8-15(25)16(26)9-17(12)27-23(31)24(19,28)2/h5-9,14,19-20H,4,10H2,1-3H3,(H,27,31)/t14-,19-,20+,24-/m1/s1. The topological polar surface area (TPSA) is 94.2 Å². The summed E-state index contributed by atoms with van der Waals surface area (Å²) in [6.45, 7) is 3.23. The van der Waals surface area contributed by atoms with E-state index < -0.39 is 52.8 Å². The van der Waals surface area contributed by atoms with Gasteiger partial charge in [0.2, 0.25) is 0 Å². The Morgan fingerprint density at radius 2 is 1.97 bits per heavy atom. The SMILES string of the molecule is CCOC(=O)[C@H]1[C@H]2COc3ccc(OC)cc3[C@@H]2N2C(=O)c3cc(F)c(F)cc3NC(=O)[C@@]12C. The summed E-state index contributed by atoms with van der Waals surface area (Å²) in [4.78, 5) is 42.0. The molecule has 0 bridgehead atoms. The molecule has 34 heavy (non-hydrogen) atoms. The van der Waals surface area contributed by atoms with E-state index in [-0.39, 0.29) is 24.5 Å². The summed E-state index contributed by atoms with van der Waals surface area (Å²) in [6.07, 6.45) is 0. The molecular formula is C24H22F2N2O6. The molecular weight excluding hydrogens is 450 g/mol. The van der Waals surface area contributed by atoms with E-state index in [1.165, 1.54) is 18.9 Å². The molecule has 10 heteroatoms. The van der Waals surface area contributed by atoms with Crippen LogP contribution in [0.3, 0.4) is 0 Å². The van der Waals surface area contributed by atoms with Crippen LogP contribution in [-0.4, -0.2) is 48.5 Å². The number of halogens is 2. The zero-order chi connectivity index (χ0) is 24.4. The fourth-order valence-corrected chi connectivity index (χ4v) is 5.42. The highest BCUT2D eigenvalue weighted by molar-refractivity contribution is 6.13. The Hall–Kier alpha value is -3.69. The second kappa shape index (κ2) is 7.68. The number of amides is 2. The van der Waals surface area contributed by atoms with Gasteiger partial charge in [0.25, 0.3) is 11.8 Å². The van der Waals surface area contributed by atoms with E-state index in [9.17, 15) is 23.2 Å². The molecule has 0 unspecified atom stereocenters. The van der Waals surface area contributed by atoms with Crippen LogP contribution in [0.1, 0.15) is 35.8 Å². The Labute approximate surface area is 193 Å². The number of methoxy groups -OCH3 is 1. The van der Waals surface area contributed by atoms with Crippen molar-refractivity contribution >= 4 is 23.5 Å². The summed E-state index contributed by atoms with van der Waals surface area (Å²) in [5, 5.41) is 2.53. The van der Waals surface area contributed by atoms with E-state index in [4.69, 9.17) is 14.2 Å². The molecule has 0 saturated carbocycles. The van der Waals surface area contributed by atoms with Crippen molar-refractivity contribution in [2.75, 3.05) is 25.6 Å². The number of esters is 1. The molecule has 0 radical (unpaired) electrons. The zero-order valence-electron chi connectivity index (χ0n) is 18.7. The van der Waals surface area contributed by atoms with Gasteiger partial charge in [-0.2, -0.15) is 0 Å². The number of anilines is 1. The van der Waals surface area contributed by atoms with Crippen LogP contribution in [0.4, 0.5) is 14.5 Å². The van der Waals surface area contributed by atoms with E-state index in [0.717, 1.165) is 12.1 Å². The molecule has 1 fully saturated rings.